The zero-order valence-electron chi connectivity index (χ0n) is 17.7. The average molecular weight is 416 g/mol. The zero-order chi connectivity index (χ0) is 21.3. The Hall–Kier alpha value is -3.18. The van der Waals surface area contributed by atoms with Crippen LogP contribution in [0.1, 0.15) is 34.3 Å². The number of rotatable bonds is 8. The number of aromatic nitrogens is 1. The lowest BCUT2D eigenvalue weighted by atomic mass is 10.1. The van der Waals surface area contributed by atoms with Gasteiger partial charge in [-0.3, -0.25) is 14.7 Å². The molecule has 1 amide bonds. The fourth-order valence-corrected chi connectivity index (χ4v) is 3.91. The molecule has 0 radical (unpaired) electrons. The number of likely N-dealkylation sites (tertiary alicyclic amines) is 1. The molecule has 2 aromatic carbocycles. The Balaban J connectivity index is 1.23. The monoisotopic (exact) mass is 415 g/mol. The number of carbonyl (C=O) groups excluding carboxylic acids is 1. The van der Waals surface area contributed by atoms with Crippen LogP contribution in [0.15, 0.2) is 79.1 Å². The van der Waals surface area contributed by atoms with Crippen LogP contribution in [0.5, 0.6) is 5.75 Å². The molecule has 4 rings (SSSR count). The Labute approximate surface area is 184 Å². The average Bonchev–Trinajstić information content (AvgIpc) is 2.82. The molecule has 0 aliphatic carbocycles. The van der Waals surface area contributed by atoms with Crippen LogP contribution < -0.4 is 10.1 Å². The molecular weight excluding hydrogens is 386 g/mol. The maximum absolute atomic E-state index is 12.5. The second kappa shape index (κ2) is 10.7. The maximum Gasteiger partial charge on any atom is 0.251 e. The molecule has 1 N–H and O–H groups in total. The first-order valence-corrected chi connectivity index (χ1v) is 11.0. The normalized spacial score (nSPS) is 14.8. The van der Waals surface area contributed by atoms with Gasteiger partial charge in [-0.25, -0.2) is 0 Å². The minimum Gasteiger partial charge on any atom is -0.490 e. The third kappa shape index (κ3) is 6.40. The molecule has 1 aromatic heterocycles. The maximum atomic E-state index is 12.5. The number of benzene rings is 2. The summed E-state index contributed by atoms with van der Waals surface area (Å²) in [4.78, 5) is 19.1. The number of pyridine rings is 1. The number of ether oxygens (including phenoxy) is 1. The predicted octanol–water partition coefficient (Wildman–Crippen LogP) is 4.10. The quantitative estimate of drug-likeness (QED) is 0.602. The lowest BCUT2D eigenvalue weighted by Gasteiger charge is -2.32. The Morgan fingerprint density at radius 2 is 1.81 bits per heavy atom. The van der Waals surface area contributed by atoms with Crippen molar-refractivity contribution in [3.05, 3.63) is 95.8 Å². The number of amides is 1. The van der Waals surface area contributed by atoms with Gasteiger partial charge in [-0.15, -0.1) is 0 Å². The largest absolute Gasteiger partial charge is 0.490 e. The minimum absolute atomic E-state index is 0.0623. The molecule has 160 valence electrons. The fraction of sp³-hybridized carbons (Fsp3) is 0.308. The number of nitrogens with one attached hydrogen (secondary N) is 1. The summed E-state index contributed by atoms with van der Waals surface area (Å²) >= 11 is 0. The molecule has 0 unspecified atom stereocenters. The van der Waals surface area contributed by atoms with E-state index in [1.807, 2.05) is 54.7 Å². The Morgan fingerprint density at radius 1 is 1.00 bits per heavy atom. The highest BCUT2D eigenvalue weighted by molar-refractivity contribution is 5.94. The van der Waals surface area contributed by atoms with E-state index in [0.29, 0.717) is 12.1 Å². The van der Waals surface area contributed by atoms with E-state index >= 15 is 0 Å². The molecule has 31 heavy (non-hydrogen) atoms. The number of hydrogen-bond donors (Lipinski definition) is 1. The van der Waals surface area contributed by atoms with Gasteiger partial charge in [0.25, 0.3) is 5.91 Å². The van der Waals surface area contributed by atoms with Crippen LogP contribution in [-0.4, -0.2) is 41.5 Å². The lowest BCUT2D eigenvalue weighted by molar-refractivity contribution is 0.0936. The second-order valence-corrected chi connectivity index (χ2v) is 7.97. The van der Waals surface area contributed by atoms with Crippen LogP contribution in [0.4, 0.5) is 0 Å². The van der Waals surface area contributed by atoms with Gasteiger partial charge in [0.1, 0.15) is 11.9 Å². The van der Waals surface area contributed by atoms with Crippen molar-refractivity contribution in [3.8, 4) is 5.75 Å². The molecule has 0 atom stereocenters. The van der Waals surface area contributed by atoms with Gasteiger partial charge in [0.2, 0.25) is 0 Å². The third-order valence-corrected chi connectivity index (χ3v) is 5.60. The van der Waals surface area contributed by atoms with E-state index in [4.69, 9.17) is 4.74 Å². The van der Waals surface area contributed by atoms with E-state index in [2.05, 4.69) is 33.4 Å². The zero-order valence-corrected chi connectivity index (χ0v) is 17.7. The van der Waals surface area contributed by atoms with Crippen molar-refractivity contribution in [2.24, 2.45) is 0 Å². The van der Waals surface area contributed by atoms with Crippen LogP contribution in [-0.2, 0) is 13.0 Å². The van der Waals surface area contributed by atoms with E-state index in [1.54, 1.807) is 6.20 Å². The van der Waals surface area contributed by atoms with Gasteiger partial charge in [0, 0.05) is 44.1 Å². The summed E-state index contributed by atoms with van der Waals surface area (Å²) in [5, 5.41) is 3.00. The summed E-state index contributed by atoms with van der Waals surface area (Å²) in [6.45, 7) is 3.54. The van der Waals surface area contributed by atoms with Crippen molar-refractivity contribution in [1.29, 1.82) is 0 Å². The topological polar surface area (TPSA) is 54.5 Å². The van der Waals surface area contributed by atoms with Gasteiger partial charge >= 0.3 is 0 Å². The van der Waals surface area contributed by atoms with Gasteiger partial charge in [0.15, 0.2) is 0 Å². The highest BCUT2D eigenvalue weighted by Crippen LogP contribution is 2.21. The van der Waals surface area contributed by atoms with Gasteiger partial charge < -0.3 is 10.1 Å². The van der Waals surface area contributed by atoms with Crippen molar-refractivity contribution < 1.29 is 9.53 Å². The summed E-state index contributed by atoms with van der Waals surface area (Å²) < 4.78 is 6.20. The van der Waals surface area contributed by atoms with Crippen LogP contribution in [0.25, 0.3) is 0 Å². The minimum atomic E-state index is -0.0623. The van der Waals surface area contributed by atoms with Crippen molar-refractivity contribution in [2.75, 3.05) is 19.6 Å². The van der Waals surface area contributed by atoms with Gasteiger partial charge in [-0.1, -0.05) is 42.5 Å². The highest BCUT2D eigenvalue weighted by atomic mass is 16.5. The van der Waals surface area contributed by atoms with Crippen LogP contribution >= 0.6 is 0 Å². The Morgan fingerprint density at radius 3 is 2.58 bits per heavy atom. The highest BCUT2D eigenvalue weighted by Gasteiger charge is 2.21. The van der Waals surface area contributed by atoms with Crippen LogP contribution in [0, 0.1) is 0 Å². The van der Waals surface area contributed by atoms with Crippen molar-refractivity contribution in [1.82, 2.24) is 15.2 Å². The molecule has 1 aliphatic heterocycles. The SMILES string of the molecule is O=C(NCCc1ccccc1)c1cccc(OC2CCN(Cc3cccnc3)CC2)c1. The molecule has 1 fully saturated rings. The van der Waals surface area contributed by atoms with Crippen molar-refractivity contribution in [2.45, 2.75) is 31.9 Å². The molecule has 1 saturated heterocycles. The smallest absolute Gasteiger partial charge is 0.251 e. The number of nitrogens with zero attached hydrogens (tertiary/aromatic N) is 2. The molecule has 5 nitrogen and oxygen atoms in total. The molecule has 1 aliphatic rings. The molecule has 5 heteroatoms. The summed E-state index contributed by atoms with van der Waals surface area (Å²) in [6, 6.07) is 21.8. The number of hydrogen-bond acceptors (Lipinski definition) is 4. The van der Waals surface area contributed by atoms with Gasteiger partial charge in [-0.2, -0.15) is 0 Å². The van der Waals surface area contributed by atoms with Gasteiger partial charge in [0.05, 0.1) is 0 Å². The summed E-state index contributed by atoms with van der Waals surface area (Å²) in [7, 11) is 0. The van der Waals surface area contributed by atoms with E-state index in [0.717, 1.165) is 44.6 Å². The number of carbonyl (C=O) groups is 1. The standard InChI is InChI=1S/C26H29N3O2/c30-26(28-15-11-21-6-2-1-3-7-21)23-9-4-10-25(18-23)31-24-12-16-29(17-13-24)20-22-8-5-14-27-19-22/h1-10,14,18-19,24H,11-13,15-17,20H2,(H,28,30). The Kier molecular flexibility index (Phi) is 7.29. The van der Waals surface area contributed by atoms with Crippen LogP contribution in [0.3, 0.4) is 0 Å². The van der Waals surface area contributed by atoms with Crippen molar-refractivity contribution >= 4 is 5.91 Å². The third-order valence-electron chi connectivity index (χ3n) is 5.60. The number of piperidine rings is 1. The molecule has 0 bridgehead atoms. The summed E-state index contributed by atoms with van der Waals surface area (Å²) in [5.74, 6) is 0.703. The lowest BCUT2D eigenvalue weighted by Crippen LogP contribution is -2.37. The first-order chi connectivity index (χ1) is 15.3. The van der Waals surface area contributed by atoms with E-state index in [1.165, 1.54) is 11.1 Å². The van der Waals surface area contributed by atoms with E-state index in [-0.39, 0.29) is 12.0 Å². The molecule has 0 spiro atoms. The first-order valence-electron chi connectivity index (χ1n) is 11.0. The van der Waals surface area contributed by atoms with Gasteiger partial charge in [-0.05, 0) is 54.7 Å². The molecule has 3 aromatic rings. The van der Waals surface area contributed by atoms with E-state index < -0.39 is 0 Å². The molecular formula is C26H29N3O2. The first kappa shape index (κ1) is 21.1. The molecule has 2 heterocycles. The van der Waals surface area contributed by atoms with E-state index in [9.17, 15) is 4.79 Å². The summed E-state index contributed by atoms with van der Waals surface area (Å²) in [6.07, 6.45) is 6.70. The Bertz CT molecular complexity index is 955. The van der Waals surface area contributed by atoms with Crippen LogP contribution in [0.2, 0.25) is 0 Å². The fourth-order valence-electron chi connectivity index (χ4n) is 3.91. The molecule has 0 saturated carbocycles. The second-order valence-electron chi connectivity index (χ2n) is 7.97. The predicted molar refractivity (Wildman–Crippen MR) is 122 cm³/mol. The summed E-state index contributed by atoms with van der Waals surface area (Å²) in [5.41, 5.74) is 3.10. The van der Waals surface area contributed by atoms with Crippen molar-refractivity contribution in [3.63, 3.8) is 0 Å².